The molecular formula is C27H38F6O2. The third-order valence-corrected chi connectivity index (χ3v) is 9.05. The van der Waals surface area contributed by atoms with Crippen LogP contribution in [0.5, 0.6) is 0 Å². The van der Waals surface area contributed by atoms with Crippen molar-refractivity contribution < 1.29 is 36.6 Å². The fourth-order valence-electron chi connectivity index (χ4n) is 6.93. The lowest BCUT2D eigenvalue weighted by Gasteiger charge is -2.44. The Kier molecular flexibility index (Phi) is 8.27. The zero-order valence-electron chi connectivity index (χ0n) is 20.6. The van der Waals surface area contributed by atoms with Crippen LogP contribution in [0.4, 0.5) is 26.3 Å². The highest BCUT2D eigenvalue weighted by Gasteiger charge is 2.69. The van der Waals surface area contributed by atoms with Crippen molar-refractivity contribution in [1.82, 2.24) is 0 Å². The number of rotatable bonds is 6. The summed E-state index contributed by atoms with van der Waals surface area (Å²) in [7, 11) is 0. The molecule has 3 aliphatic rings. The van der Waals surface area contributed by atoms with Gasteiger partial charge in [-0.2, -0.15) is 26.3 Å². The fraction of sp³-hybridized carbons (Fsp3) is 0.778. The Labute approximate surface area is 204 Å². The zero-order chi connectivity index (χ0) is 26.2. The average Bonchev–Trinajstić information content (AvgIpc) is 3.10. The second-order valence-electron chi connectivity index (χ2n) is 11.3. The molecule has 0 aromatic heterocycles. The van der Waals surface area contributed by atoms with Gasteiger partial charge in [-0.15, -0.1) is 0 Å². The summed E-state index contributed by atoms with van der Waals surface area (Å²) in [4.78, 5) is 0. The first-order chi connectivity index (χ1) is 16.1. The summed E-state index contributed by atoms with van der Waals surface area (Å²) in [5, 5.41) is 19.4. The maximum Gasteiger partial charge on any atom is 0.426 e. The number of aliphatic hydroxyl groups excluding tert-OH is 1. The van der Waals surface area contributed by atoms with Gasteiger partial charge < -0.3 is 10.2 Å². The molecule has 35 heavy (non-hydrogen) atoms. The summed E-state index contributed by atoms with van der Waals surface area (Å²) in [6.07, 6.45) is -2.17. The van der Waals surface area contributed by atoms with Crippen LogP contribution in [-0.2, 0) is 0 Å². The van der Waals surface area contributed by atoms with Crippen LogP contribution >= 0.6 is 0 Å². The van der Waals surface area contributed by atoms with E-state index in [4.69, 9.17) is 0 Å². The molecule has 8 heteroatoms. The number of allylic oxidation sites excluding steroid dienone is 4. The van der Waals surface area contributed by atoms with E-state index in [9.17, 15) is 36.6 Å². The van der Waals surface area contributed by atoms with Crippen molar-refractivity contribution in [2.45, 2.75) is 109 Å². The third-order valence-electron chi connectivity index (χ3n) is 9.05. The van der Waals surface area contributed by atoms with Gasteiger partial charge in [-0.25, -0.2) is 0 Å². The zero-order valence-corrected chi connectivity index (χ0v) is 20.6. The number of hydrogen-bond acceptors (Lipinski definition) is 2. The smallest absolute Gasteiger partial charge is 0.393 e. The van der Waals surface area contributed by atoms with Gasteiger partial charge in [0.2, 0.25) is 0 Å². The lowest BCUT2D eigenvalue weighted by Crippen LogP contribution is -2.56. The van der Waals surface area contributed by atoms with Crippen molar-refractivity contribution in [2.75, 3.05) is 0 Å². The maximum absolute atomic E-state index is 13.0. The Morgan fingerprint density at radius 3 is 2.34 bits per heavy atom. The van der Waals surface area contributed by atoms with E-state index in [1.165, 1.54) is 5.57 Å². The normalized spacial score (nSPS) is 33.9. The van der Waals surface area contributed by atoms with Gasteiger partial charge in [0, 0.05) is 0 Å². The molecule has 2 N–H and O–H groups in total. The number of alkyl halides is 6. The van der Waals surface area contributed by atoms with Gasteiger partial charge in [-0.1, -0.05) is 50.1 Å². The summed E-state index contributed by atoms with van der Waals surface area (Å²) in [5.74, 6) is 0.506. The van der Waals surface area contributed by atoms with Crippen LogP contribution in [0.1, 0.15) is 84.5 Å². The van der Waals surface area contributed by atoms with Gasteiger partial charge in [-0.3, -0.25) is 0 Å². The molecule has 0 amide bonds. The molecule has 3 fully saturated rings. The summed E-state index contributed by atoms with van der Waals surface area (Å²) in [6, 6.07) is 0. The molecular weight excluding hydrogens is 470 g/mol. The Morgan fingerprint density at radius 2 is 1.71 bits per heavy atom. The molecule has 0 saturated heterocycles. The van der Waals surface area contributed by atoms with E-state index >= 15 is 0 Å². The topological polar surface area (TPSA) is 40.5 Å². The first-order valence-electron chi connectivity index (χ1n) is 12.7. The Bertz CT molecular complexity index is 826. The fourth-order valence-corrected chi connectivity index (χ4v) is 6.93. The van der Waals surface area contributed by atoms with Gasteiger partial charge in [-0.05, 0) is 93.0 Å². The SMILES string of the molecule is C=C1CC[C@H](O)C/C1=C\C=C1/CCC[C@]2(C)[C@@H]([C@H](C)CCCC(O)(C(F)(F)F)C(F)(F)F)CC[C@@H]12. The Hall–Kier alpha value is -1.28. The van der Waals surface area contributed by atoms with Gasteiger partial charge in [0.1, 0.15) is 0 Å². The minimum absolute atomic E-state index is 0.0401. The molecule has 3 rings (SSSR count). The molecule has 200 valence electrons. The number of aliphatic hydroxyl groups is 2. The Morgan fingerprint density at radius 1 is 1.06 bits per heavy atom. The van der Waals surface area contributed by atoms with E-state index < -0.39 is 24.4 Å². The van der Waals surface area contributed by atoms with Crippen LogP contribution in [0.2, 0.25) is 0 Å². The molecule has 0 aromatic carbocycles. The molecule has 0 aromatic rings. The van der Waals surface area contributed by atoms with Crippen molar-refractivity contribution >= 4 is 0 Å². The highest BCUT2D eigenvalue weighted by atomic mass is 19.4. The molecule has 0 heterocycles. The summed E-state index contributed by atoms with van der Waals surface area (Å²) in [6.45, 7) is 8.26. The molecule has 0 radical (unpaired) electrons. The van der Waals surface area contributed by atoms with E-state index in [1.807, 2.05) is 6.92 Å². The minimum Gasteiger partial charge on any atom is -0.393 e. The average molecular weight is 509 g/mol. The van der Waals surface area contributed by atoms with E-state index in [-0.39, 0.29) is 36.2 Å². The molecule has 0 unspecified atom stereocenters. The van der Waals surface area contributed by atoms with E-state index in [1.54, 1.807) is 0 Å². The Balaban J connectivity index is 1.68. The van der Waals surface area contributed by atoms with E-state index in [0.29, 0.717) is 12.3 Å². The summed E-state index contributed by atoms with van der Waals surface area (Å²) >= 11 is 0. The van der Waals surface area contributed by atoms with Crippen molar-refractivity contribution in [2.24, 2.45) is 23.2 Å². The largest absolute Gasteiger partial charge is 0.426 e. The van der Waals surface area contributed by atoms with E-state index in [2.05, 4.69) is 25.7 Å². The van der Waals surface area contributed by atoms with Crippen LogP contribution in [-0.4, -0.2) is 34.3 Å². The lowest BCUT2D eigenvalue weighted by atomic mass is 9.60. The quantitative estimate of drug-likeness (QED) is 0.359. The maximum atomic E-state index is 13.0. The molecule has 0 bridgehead atoms. The van der Waals surface area contributed by atoms with Crippen LogP contribution in [0.3, 0.4) is 0 Å². The van der Waals surface area contributed by atoms with Gasteiger partial charge in [0.25, 0.3) is 5.60 Å². The van der Waals surface area contributed by atoms with Crippen LogP contribution in [0.25, 0.3) is 0 Å². The van der Waals surface area contributed by atoms with Crippen molar-refractivity contribution in [3.8, 4) is 0 Å². The van der Waals surface area contributed by atoms with Crippen molar-refractivity contribution in [1.29, 1.82) is 0 Å². The lowest BCUT2D eigenvalue weighted by molar-refractivity contribution is -0.370. The second kappa shape index (κ2) is 10.2. The standard InChI is InChI=1S/C27H38F6O2/c1-17-8-11-21(34)16-20(17)10-9-19-7-5-14-24(3)22(12-13-23(19)24)18(2)6-4-15-25(35,26(28,29)30)27(31,32)33/h9-10,18,21-23,34-35H,1,4-8,11-16H2,2-3H3/b19-9+,20-10+/t18-,21+,22-,23+,24-/m1/s1. The predicted molar refractivity (Wildman–Crippen MR) is 123 cm³/mol. The molecule has 0 aliphatic heterocycles. The predicted octanol–water partition coefficient (Wildman–Crippen LogP) is 7.82. The first kappa shape index (κ1) is 28.3. The molecule has 0 spiro atoms. The van der Waals surface area contributed by atoms with Crippen LogP contribution in [0.15, 0.2) is 35.5 Å². The molecule has 2 nitrogen and oxygen atoms in total. The second-order valence-corrected chi connectivity index (χ2v) is 11.3. The highest BCUT2D eigenvalue weighted by molar-refractivity contribution is 5.36. The van der Waals surface area contributed by atoms with Gasteiger partial charge in [0.15, 0.2) is 0 Å². The third kappa shape index (κ3) is 5.68. The minimum atomic E-state index is -5.75. The summed E-state index contributed by atoms with van der Waals surface area (Å²) < 4.78 is 78.0. The number of halogens is 6. The van der Waals surface area contributed by atoms with Crippen LogP contribution < -0.4 is 0 Å². The molecule has 3 saturated carbocycles. The number of fused-ring (bicyclic) bond motifs is 1. The first-order valence-corrected chi connectivity index (χ1v) is 12.7. The van der Waals surface area contributed by atoms with E-state index in [0.717, 1.165) is 56.1 Å². The monoisotopic (exact) mass is 508 g/mol. The van der Waals surface area contributed by atoms with Gasteiger partial charge in [0.05, 0.1) is 6.10 Å². The molecule has 3 aliphatic carbocycles. The van der Waals surface area contributed by atoms with Crippen molar-refractivity contribution in [3.63, 3.8) is 0 Å². The highest BCUT2D eigenvalue weighted by Crippen LogP contribution is 2.60. The summed E-state index contributed by atoms with van der Waals surface area (Å²) in [5.41, 5.74) is -1.23. The van der Waals surface area contributed by atoms with Crippen molar-refractivity contribution in [3.05, 3.63) is 35.5 Å². The van der Waals surface area contributed by atoms with Crippen LogP contribution in [0, 0.1) is 23.2 Å². The van der Waals surface area contributed by atoms with Gasteiger partial charge >= 0.3 is 12.4 Å². The molecule has 5 atom stereocenters. The number of hydrogen-bond donors (Lipinski definition) is 2.